The molecule has 0 saturated carbocycles. The molecule has 0 spiro atoms. The third-order valence-electron chi connectivity index (χ3n) is 4.71. The van der Waals surface area contributed by atoms with Crippen LogP contribution in [0.15, 0.2) is 48.5 Å². The van der Waals surface area contributed by atoms with Gasteiger partial charge in [-0.2, -0.15) is 0 Å². The molecule has 2 aliphatic heterocycles. The highest BCUT2D eigenvalue weighted by Gasteiger charge is 2.51. The molecule has 1 unspecified atom stereocenters. The Labute approximate surface area is 157 Å². The summed E-state index contributed by atoms with van der Waals surface area (Å²) in [7, 11) is 0. The molecular formula is C19H13F2N3O4. The molecule has 9 heteroatoms. The Balaban J connectivity index is 1.63. The van der Waals surface area contributed by atoms with E-state index >= 15 is 0 Å². The van der Waals surface area contributed by atoms with Crippen LogP contribution in [0.5, 0.6) is 0 Å². The standard InChI is InChI=1S/C19H13F2N3O4/c20-12-5-1-3-7-14(12)22-10-11(9-16(22)25)23-17(26)18(27)24(19(23)28)15-8-4-2-6-13(15)21/h1-8,11H,9-10H2. The Morgan fingerprint density at radius 2 is 1.36 bits per heavy atom. The van der Waals surface area contributed by atoms with Gasteiger partial charge in [0.1, 0.15) is 11.6 Å². The number of hydrogen-bond acceptors (Lipinski definition) is 4. The van der Waals surface area contributed by atoms with Gasteiger partial charge in [0.15, 0.2) is 0 Å². The average Bonchev–Trinajstić information content (AvgIpc) is 3.14. The van der Waals surface area contributed by atoms with Gasteiger partial charge in [-0.15, -0.1) is 0 Å². The molecule has 1 atom stereocenters. The Morgan fingerprint density at radius 1 is 0.786 bits per heavy atom. The van der Waals surface area contributed by atoms with Gasteiger partial charge in [0.2, 0.25) is 5.91 Å². The maximum absolute atomic E-state index is 14.0. The van der Waals surface area contributed by atoms with Gasteiger partial charge in [-0.3, -0.25) is 14.4 Å². The molecule has 142 valence electrons. The van der Waals surface area contributed by atoms with E-state index in [1.807, 2.05) is 0 Å². The highest BCUT2D eigenvalue weighted by atomic mass is 19.1. The molecule has 2 fully saturated rings. The molecule has 2 aliphatic rings. The number of nitrogens with zero attached hydrogens (tertiary/aromatic N) is 3. The summed E-state index contributed by atoms with van der Waals surface area (Å²) in [6.07, 6.45) is -0.260. The summed E-state index contributed by atoms with van der Waals surface area (Å²) in [4.78, 5) is 52.0. The van der Waals surface area contributed by atoms with E-state index in [0.29, 0.717) is 9.80 Å². The first kappa shape index (κ1) is 17.8. The lowest BCUT2D eigenvalue weighted by atomic mass is 10.2. The molecule has 0 aromatic heterocycles. The third-order valence-corrected chi connectivity index (χ3v) is 4.71. The van der Waals surface area contributed by atoms with Gasteiger partial charge in [0.05, 0.1) is 17.4 Å². The third kappa shape index (κ3) is 2.63. The number of amides is 5. The molecule has 2 heterocycles. The molecule has 4 rings (SSSR count). The zero-order valence-corrected chi connectivity index (χ0v) is 14.3. The van der Waals surface area contributed by atoms with Crippen LogP contribution < -0.4 is 9.80 Å². The monoisotopic (exact) mass is 385 g/mol. The predicted molar refractivity (Wildman–Crippen MR) is 93.3 cm³/mol. The van der Waals surface area contributed by atoms with Crippen LogP contribution in [0.2, 0.25) is 0 Å². The Hall–Kier alpha value is -3.62. The van der Waals surface area contributed by atoms with E-state index in [0.717, 1.165) is 11.0 Å². The number of anilines is 2. The van der Waals surface area contributed by atoms with Crippen molar-refractivity contribution in [3.05, 3.63) is 60.2 Å². The van der Waals surface area contributed by atoms with Crippen LogP contribution in [0.4, 0.5) is 25.0 Å². The maximum Gasteiger partial charge on any atom is 0.339 e. The summed E-state index contributed by atoms with van der Waals surface area (Å²) >= 11 is 0. The first-order chi connectivity index (χ1) is 13.4. The van der Waals surface area contributed by atoms with Crippen molar-refractivity contribution in [1.82, 2.24) is 4.90 Å². The summed E-state index contributed by atoms with van der Waals surface area (Å²) in [6, 6.07) is 8.67. The first-order valence-electron chi connectivity index (χ1n) is 8.41. The highest BCUT2D eigenvalue weighted by molar-refractivity contribution is 6.53. The topological polar surface area (TPSA) is 78.0 Å². The summed E-state index contributed by atoms with van der Waals surface area (Å²) in [6.45, 7) is -0.157. The zero-order chi connectivity index (χ0) is 20.0. The van der Waals surface area contributed by atoms with Gasteiger partial charge in [-0.1, -0.05) is 24.3 Å². The lowest BCUT2D eigenvalue weighted by Crippen LogP contribution is -2.43. The largest absolute Gasteiger partial charge is 0.339 e. The number of halogens is 2. The summed E-state index contributed by atoms with van der Waals surface area (Å²) < 4.78 is 28.0. The number of carbonyl (C=O) groups is 4. The predicted octanol–water partition coefficient (Wildman–Crippen LogP) is 2.07. The summed E-state index contributed by atoms with van der Waals surface area (Å²) in [5, 5.41) is 0. The van der Waals surface area contributed by atoms with E-state index in [9.17, 15) is 28.0 Å². The Morgan fingerprint density at radius 3 is 1.96 bits per heavy atom. The van der Waals surface area contributed by atoms with Crippen molar-refractivity contribution in [2.75, 3.05) is 16.3 Å². The van der Waals surface area contributed by atoms with Crippen molar-refractivity contribution in [2.24, 2.45) is 0 Å². The molecule has 28 heavy (non-hydrogen) atoms. The van der Waals surface area contributed by atoms with Crippen LogP contribution in [0.3, 0.4) is 0 Å². The first-order valence-corrected chi connectivity index (χ1v) is 8.41. The van der Waals surface area contributed by atoms with Gasteiger partial charge < -0.3 is 4.90 Å². The normalized spacial score (nSPS) is 19.9. The molecule has 0 bridgehead atoms. The van der Waals surface area contributed by atoms with Crippen molar-refractivity contribution < 1.29 is 28.0 Å². The van der Waals surface area contributed by atoms with E-state index in [1.54, 1.807) is 6.07 Å². The number of hydrogen-bond donors (Lipinski definition) is 0. The molecular weight excluding hydrogens is 372 g/mol. The van der Waals surface area contributed by atoms with E-state index in [2.05, 4.69) is 0 Å². The second kappa shape index (κ2) is 6.52. The van der Waals surface area contributed by atoms with Crippen LogP contribution in [0.1, 0.15) is 6.42 Å². The van der Waals surface area contributed by atoms with Crippen molar-refractivity contribution in [2.45, 2.75) is 12.5 Å². The minimum Gasteiger partial charge on any atom is -0.307 e. The van der Waals surface area contributed by atoms with E-state index in [4.69, 9.17) is 0 Å². The minimum atomic E-state index is -1.20. The molecule has 0 radical (unpaired) electrons. The number of carbonyl (C=O) groups excluding carboxylic acids is 4. The second-order valence-corrected chi connectivity index (χ2v) is 6.36. The van der Waals surface area contributed by atoms with Crippen LogP contribution in [0, 0.1) is 11.6 Å². The number of urea groups is 1. The van der Waals surface area contributed by atoms with Crippen molar-refractivity contribution in [1.29, 1.82) is 0 Å². The Kier molecular flexibility index (Phi) is 4.14. The van der Waals surface area contributed by atoms with Crippen LogP contribution >= 0.6 is 0 Å². The van der Waals surface area contributed by atoms with Crippen LogP contribution in [-0.2, 0) is 14.4 Å². The number of benzene rings is 2. The lowest BCUT2D eigenvalue weighted by Gasteiger charge is -2.22. The fourth-order valence-electron chi connectivity index (χ4n) is 3.41. The second-order valence-electron chi connectivity index (χ2n) is 6.36. The summed E-state index contributed by atoms with van der Waals surface area (Å²) in [5.41, 5.74) is -0.324. The van der Waals surface area contributed by atoms with Crippen LogP contribution in [0.25, 0.3) is 0 Å². The molecule has 2 saturated heterocycles. The lowest BCUT2D eigenvalue weighted by molar-refractivity contribution is -0.140. The van der Waals surface area contributed by atoms with Gasteiger partial charge in [0, 0.05) is 13.0 Å². The molecule has 7 nitrogen and oxygen atoms in total. The molecule has 2 aromatic rings. The molecule has 0 N–H and O–H groups in total. The zero-order valence-electron chi connectivity index (χ0n) is 14.3. The number of rotatable bonds is 3. The van der Waals surface area contributed by atoms with Gasteiger partial charge in [-0.05, 0) is 24.3 Å². The number of para-hydroxylation sites is 2. The van der Waals surface area contributed by atoms with Crippen molar-refractivity contribution in [3.63, 3.8) is 0 Å². The summed E-state index contributed by atoms with van der Waals surface area (Å²) in [5.74, 6) is -4.31. The van der Waals surface area contributed by atoms with Crippen molar-refractivity contribution in [3.8, 4) is 0 Å². The van der Waals surface area contributed by atoms with E-state index in [-0.39, 0.29) is 24.3 Å². The highest BCUT2D eigenvalue weighted by Crippen LogP contribution is 2.31. The van der Waals surface area contributed by atoms with Crippen molar-refractivity contribution >= 4 is 35.1 Å². The fraction of sp³-hybridized carbons (Fsp3) is 0.158. The smallest absolute Gasteiger partial charge is 0.307 e. The quantitative estimate of drug-likeness (QED) is 0.599. The molecule has 5 amide bonds. The molecule has 0 aliphatic carbocycles. The fourth-order valence-corrected chi connectivity index (χ4v) is 3.41. The van der Waals surface area contributed by atoms with E-state index in [1.165, 1.54) is 36.4 Å². The van der Waals surface area contributed by atoms with Crippen LogP contribution in [-0.4, -0.2) is 41.2 Å². The van der Waals surface area contributed by atoms with Gasteiger partial charge in [0.25, 0.3) is 0 Å². The van der Waals surface area contributed by atoms with Gasteiger partial charge >= 0.3 is 17.8 Å². The van der Waals surface area contributed by atoms with E-state index < -0.39 is 41.4 Å². The maximum atomic E-state index is 14.0. The van der Waals surface area contributed by atoms with Gasteiger partial charge in [-0.25, -0.2) is 23.4 Å². The Bertz CT molecular complexity index is 1030. The average molecular weight is 385 g/mol. The SMILES string of the molecule is O=C1CC(N2C(=O)C(=O)N(c3ccccc3F)C2=O)CN1c1ccccc1F. The number of imide groups is 2. The molecule has 2 aromatic carbocycles. The minimum absolute atomic E-state index is 0.0198.